The predicted molar refractivity (Wildman–Crippen MR) is 71.4 cm³/mol. The molecule has 2 N–H and O–H groups in total. The largest absolute Gasteiger partial charge is 0.387 e. The van der Waals surface area contributed by atoms with Crippen molar-refractivity contribution in [1.82, 2.24) is 4.57 Å². The normalized spacial score (nSPS) is 26.3. The standard InChI is InChI=1S/C15H21NO3/c1-3-10-11-6-4-5-9-7-12(18)14(16(9)11)13(10)15(19)8(2)17/h8-9,12,17-18H,3-7H2,1-2H3/t8-,9+,12-/m0/s1. The molecule has 2 aliphatic heterocycles. The molecule has 0 spiro atoms. The molecule has 0 saturated heterocycles. The minimum Gasteiger partial charge on any atom is -0.387 e. The van der Waals surface area contributed by atoms with E-state index in [1.54, 1.807) is 0 Å². The van der Waals surface area contributed by atoms with Gasteiger partial charge in [-0.05, 0) is 44.6 Å². The Bertz CT molecular complexity index is 530. The summed E-state index contributed by atoms with van der Waals surface area (Å²) in [6, 6.07) is 0.342. The molecule has 0 aromatic carbocycles. The topological polar surface area (TPSA) is 62.5 Å². The van der Waals surface area contributed by atoms with Crippen LogP contribution in [0.4, 0.5) is 0 Å². The van der Waals surface area contributed by atoms with Gasteiger partial charge in [-0.1, -0.05) is 6.92 Å². The lowest BCUT2D eigenvalue weighted by Crippen LogP contribution is -2.19. The fourth-order valence-electron chi connectivity index (χ4n) is 3.82. The average molecular weight is 263 g/mol. The molecule has 3 rings (SSSR count). The Morgan fingerprint density at radius 3 is 2.89 bits per heavy atom. The van der Waals surface area contributed by atoms with Gasteiger partial charge in [0.05, 0.1) is 11.8 Å². The SMILES string of the molecule is CCc1c(C(=O)[C@H](C)O)c2n3c1CCC[C@@H]3C[C@@H]2O. The molecule has 104 valence electrons. The summed E-state index contributed by atoms with van der Waals surface area (Å²) in [5.74, 6) is -0.242. The zero-order valence-electron chi connectivity index (χ0n) is 11.5. The van der Waals surface area contributed by atoms with Gasteiger partial charge in [-0.3, -0.25) is 4.79 Å². The molecular formula is C15H21NO3. The Labute approximate surface area is 113 Å². The number of aliphatic hydroxyl groups excluding tert-OH is 2. The van der Waals surface area contributed by atoms with Crippen LogP contribution < -0.4 is 0 Å². The molecule has 2 aliphatic rings. The van der Waals surface area contributed by atoms with Crippen molar-refractivity contribution in [2.75, 3.05) is 0 Å². The van der Waals surface area contributed by atoms with Crippen LogP contribution in [-0.4, -0.2) is 26.7 Å². The van der Waals surface area contributed by atoms with Crippen molar-refractivity contribution in [3.8, 4) is 0 Å². The van der Waals surface area contributed by atoms with Gasteiger partial charge in [-0.25, -0.2) is 0 Å². The van der Waals surface area contributed by atoms with E-state index in [0.29, 0.717) is 18.0 Å². The number of Topliss-reactive ketones (excluding diaryl/α,β-unsaturated/α-hetero) is 1. The van der Waals surface area contributed by atoms with Crippen molar-refractivity contribution in [3.05, 3.63) is 22.5 Å². The van der Waals surface area contributed by atoms with Gasteiger partial charge in [0.2, 0.25) is 0 Å². The molecule has 0 amide bonds. The molecular weight excluding hydrogens is 242 g/mol. The number of aliphatic hydroxyl groups is 2. The maximum absolute atomic E-state index is 12.3. The molecule has 3 atom stereocenters. The third kappa shape index (κ3) is 1.70. The van der Waals surface area contributed by atoms with Crippen LogP contribution >= 0.6 is 0 Å². The highest BCUT2D eigenvalue weighted by Crippen LogP contribution is 2.46. The van der Waals surface area contributed by atoms with Crippen LogP contribution in [0.1, 0.15) is 72.6 Å². The van der Waals surface area contributed by atoms with Gasteiger partial charge in [0.15, 0.2) is 5.78 Å². The highest BCUT2D eigenvalue weighted by Gasteiger charge is 2.40. The van der Waals surface area contributed by atoms with Crippen molar-refractivity contribution >= 4 is 5.78 Å². The molecule has 4 heteroatoms. The Morgan fingerprint density at radius 1 is 1.53 bits per heavy atom. The summed E-state index contributed by atoms with van der Waals surface area (Å²) in [6.07, 6.45) is 3.12. The van der Waals surface area contributed by atoms with Gasteiger partial charge in [0.25, 0.3) is 0 Å². The van der Waals surface area contributed by atoms with E-state index in [1.807, 2.05) is 6.92 Å². The first-order valence-corrected chi connectivity index (χ1v) is 7.22. The van der Waals surface area contributed by atoms with Gasteiger partial charge in [-0.15, -0.1) is 0 Å². The fraction of sp³-hybridized carbons (Fsp3) is 0.667. The van der Waals surface area contributed by atoms with E-state index in [1.165, 1.54) is 12.6 Å². The lowest BCUT2D eigenvalue weighted by Gasteiger charge is -2.23. The van der Waals surface area contributed by atoms with Crippen LogP contribution in [0.25, 0.3) is 0 Å². The lowest BCUT2D eigenvalue weighted by atomic mass is 9.92. The van der Waals surface area contributed by atoms with E-state index >= 15 is 0 Å². The summed E-state index contributed by atoms with van der Waals surface area (Å²) in [5.41, 5.74) is 3.63. The van der Waals surface area contributed by atoms with Gasteiger partial charge in [0, 0.05) is 17.3 Å². The third-order valence-corrected chi connectivity index (χ3v) is 4.56. The number of aromatic nitrogens is 1. The van der Waals surface area contributed by atoms with Crippen molar-refractivity contribution in [3.63, 3.8) is 0 Å². The van der Waals surface area contributed by atoms with Crippen LogP contribution in [0.15, 0.2) is 0 Å². The van der Waals surface area contributed by atoms with Gasteiger partial charge in [-0.2, -0.15) is 0 Å². The van der Waals surface area contributed by atoms with E-state index in [2.05, 4.69) is 4.57 Å². The molecule has 1 aromatic rings. The Kier molecular flexibility index (Phi) is 3.02. The zero-order chi connectivity index (χ0) is 13.7. The Hall–Kier alpha value is -1.13. The number of carbonyl (C=O) groups is 1. The van der Waals surface area contributed by atoms with E-state index in [0.717, 1.165) is 36.9 Å². The fourth-order valence-corrected chi connectivity index (χ4v) is 3.82. The van der Waals surface area contributed by atoms with Gasteiger partial charge < -0.3 is 14.8 Å². The molecule has 0 bridgehead atoms. The summed E-state index contributed by atoms with van der Waals surface area (Å²) in [7, 11) is 0. The molecule has 0 radical (unpaired) electrons. The molecule has 4 nitrogen and oxygen atoms in total. The molecule has 0 fully saturated rings. The second kappa shape index (κ2) is 4.46. The smallest absolute Gasteiger partial charge is 0.193 e. The summed E-state index contributed by atoms with van der Waals surface area (Å²) in [6.45, 7) is 3.54. The van der Waals surface area contributed by atoms with Gasteiger partial charge >= 0.3 is 0 Å². The molecule has 0 aliphatic carbocycles. The number of carbonyl (C=O) groups excluding carboxylic acids is 1. The molecule has 0 saturated carbocycles. The lowest BCUT2D eigenvalue weighted by molar-refractivity contribution is 0.0772. The molecule has 3 heterocycles. The summed E-state index contributed by atoms with van der Waals surface area (Å²) < 4.78 is 2.20. The summed E-state index contributed by atoms with van der Waals surface area (Å²) >= 11 is 0. The number of rotatable bonds is 3. The first kappa shape index (κ1) is 12.9. The van der Waals surface area contributed by atoms with E-state index in [9.17, 15) is 15.0 Å². The maximum atomic E-state index is 12.3. The second-order valence-corrected chi connectivity index (χ2v) is 5.75. The van der Waals surface area contributed by atoms with Crippen molar-refractivity contribution in [2.24, 2.45) is 0 Å². The minimum atomic E-state index is -1.00. The Morgan fingerprint density at radius 2 is 2.26 bits per heavy atom. The number of nitrogens with zero attached hydrogens (tertiary/aromatic N) is 1. The summed E-state index contributed by atoms with van der Waals surface area (Å²) in [4.78, 5) is 12.3. The number of hydrogen-bond donors (Lipinski definition) is 2. The average Bonchev–Trinajstić information content (AvgIpc) is 2.89. The predicted octanol–water partition coefficient (Wildman–Crippen LogP) is 1.93. The van der Waals surface area contributed by atoms with Crippen LogP contribution in [0.2, 0.25) is 0 Å². The van der Waals surface area contributed by atoms with Crippen LogP contribution in [0.5, 0.6) is 0 Å². The molecule has 1 aromatic heterocycles. The molecule has 19 heavy (non-hydrogen) atoms. The first-order chi connectivity index (χ1) is 9.06. The number of hydrogen-bond acceptors (Lipinski definition) is 3. The number of ketones is 1. The second-order valence-electron chi connectivity index (χ2n) is 5.75. The van der Waals surface area contributed by atoms with Crippen molar-refractivity contribution in [2.45, 2.75) is 64.2 Å². The quantitative estimate of drug-likeness (QED) is 0.819. The van der Waals surface area contributed by atoms with Crippen LogP contribution in [0, 0.1) is 0 Å². The monoisotopic (exact) mass is 263 g/mol. The van der Waals surface area contributed by atoms with E-state index < -0.39 is 12.2 Å². The zero-order valence-corrected chi connectivity index (χ0v) is 11.5. The summed E-state index contributed by atoms with van der Waals surface area (Å²) in [5, 5.41) is 19.9. The van der Waals surface area contributed by atoms with Crippen LogP contribution in [-0.2, 0) is 12.8 Å². The van der Waals surface area contributed by atoms with Crippen molar-refractivity contribution < 1.29 is 15.0 Å². The highest BCUT2D eigenvalue weighted by molar-refractivity contribution is 6.02. The first-order valence-electron chi connectivity index (χ1n) is 7.22. The van der Waals surface area contributed by atoms with Crippen LogP contribution in [0.3, 0.4) is 0 Å². The van der Waals surface area contributed by atoms with Crippen molar-refractivity contribution in [1.29, 1.82) is 0 Å². The Balaban J connectivity index is 2.24. The van der Waals surface area contributed by atoms with E-state index in [-0.39, 0.29) is 5.78 Å². The third-order valence-electron chi connectivity index (χ3n) is 4.56. The highest BCUT2D eigenvalue weighted by atomic mass is 16.3. The molecule has 0 unspecified atom stereocenters. The minimum absolute atomic E-state index is 0.242. The van der Waals surface area contributed by atoms with E-state index in [4.69, 9.17) is 0 Å². The van der Waals surface area contributed by atoms with Gasteiger partial charge in [0.1, 0.15) is 6.10 Å². The maximum Gasteiger partial charge on any atom is 0.193 e.